The van der Waals surface area contributed by atoms with Gasteiger partial charge in [0.05, 0.1) is 0 Å². The molecule has 0 aromatic heterocycles. The van der Waals surface area contributed by atoms with Crippen molar-refractivity contribution >= 4 is 56.5 Å². The zero-order chi connectivity index (χ0) is 9.72. The number of likely N-dealkylation sites (N-methyl/N-ethyl adjacent to an activating group) is 2. The Bertz CT molecular complexity index is 166. The van der Waals surface area contributed by atoms with Gasteiger partial charge in [-0.05, 0) is 24.4 Å². The fourth-order valence-corrected chi connectivity index (χ4v) is 0.827. The van der Waals surface area contributed by atoms with E-state index >= 15 is 0 Å². The summed E-state index contributed by atoms with van der Waals surface area (Å²) in [5, 5.41) is 0. The topological polar surface area (TPSA) is 6.48 Å². The van der Waals surface area contributed by atoms with E-state index in [2.05, 4.69) is 0 Å². The van der Waals surface area contributed by atoms with Crippen molar-refractivity contribution in [1.82, 2.24) is 9.80 Å². The fourth-order valence-electron chi connectivity index (χ4n) is 0.476. The molecule has 0 fully saturated rings. The molecule has 70 valence electrons. The largest absolute Gasteiger partial charge is 0.355 e. The van der Waals surface area contributed by atoms with Gasteiger partial charge in [-0.1, -0.05) is 23.2 Å². The standard InChI is InChI=1S/C6H10Cl2N2S2/c1-9(5(7)11)3-4-10(2)6(8)12/h3-4H2,1-2H3. The summed E-state index contributed by atoms with van der Waals surface area (Å²) in [4.78, 5) is 3.51. The Labute approximate surface area is 93.4 Å². The van der Waals surface area contributed by atoms with Crippen LogP contribution in [0.5, 0.6) is 0 Å². The van der Waals surface area contributed by atoms with E-state index in [0.29, 0.717) is 22.0 Å². The zero-order valence-electron chi connectivity index (χ0n) is 6.88. The highest BCUT2D eigenvalue weighted by Gasteiger charge is 2.04. The summed E-state index contributed by atoms with van der Waals surface area (Å²) in [7, 11) is 3.64. The molecule has 0 atom stereocenters. The molecule has 0 bridgehead atoms. The lowest BCUT2D eigenvalue weighted by molar-refractivity contribution is 0.426. The summed E-state index contributed by atoms with van der Waals surface area (Å²) >= 11 is 20.6. The predicted octanol–water partition coefficient (Wildman–Crippen LogP) is 1.90. The number of hydrogen-bond acceptors (Lipinski definition) is 2. The van der Waals surface area contributed by atoms with E-state index in [9.17, 15) is 0 Å². The third-order valence-electron chi connectivity index (χ3n) is 1.37. The third kappa shape index (κ3) is 5.09. The quantitative estimate of drug-likeness (QED) is 0.425. The predicted molar refractivity (Wildman–Crippen MR) is 62.2 cm³/mol. The average molecular weight is 245 g/mol. The molecular weight excluding hydrogens is 235 g/mol. The van der Waals surface area contributed by atoms with Crippen molar-refractivity contribution in [1.29, 1.82) is 0 Å². The van der Waals surface area contributed by atoms with Crippen LogP contribution in [0.15, 0.2) is 0 Å². The van der Waals surface area contributed by atoms with Gasteiger partial charge in [0.2, 0.25) is 0 Å². The maximum absolute atomic E-state index is 5.56. The second-order valence-corrected chi connectivity index (χ2v) is 4.29. The molecule has 0 amide bonds. The van der Waals surface area contributed by atoms with Crippen molar-refractivity contribution in [3.8, 4) is 0 Å². The molecule has 0 rings (SSSR count). The van der Waals surface area contributed by atoms with Crippen LogP contribution in [0, 0.1) is 0 Å². The minimum atomic E-state index is 0.351. The minimum absolute atomic E-state index is 0.351. The number of hydrogen-bond donors (Lipinski definition) is 0. The van der Waals surface area contributed by atoms with Crippen molar-refractivity contribution in [3.63, 3.8) is 0 Å². The zero-order valence-corrected chi connectivity index (χ0v) is 10.0. The van der Waals surface area contributed by atoms with Crippen LogP contribution in [0.3, 0.4) is 0 Å². The van der Waals surface area contributed by atoms with Gasteiger partial charge in [-0.25, -0.2) is 0 Å². The first kappa shape index (κ1) is 12.4. The fraction of sp³-hybridized carbons (Fsp3) is 0.667. The lowest BCUT2D eigenvalue weighted by Gasteiger charge is -2.21. The molecule has 0 heterocycles. The Kier molecular flexibility index (Phi) is 6.09. The first-order chi connectivity index (χ1) is 5.45. The molecule has 0 unspecified atom stereocenters. The lowest BCUT2D eigenvalue weighted by atomic mass is 10.5. The van der Waals surface area contributed by atoms with Gasteiger partial charge in [0, 0.05) is 27.2 Å². The highest BCUT2D eigenvalue weighted by Crippen LogP contribution is 1.96. The summed E-state index contributed by atoms with van der Waals surface area (Å²) in [6.45, 7) is 1.43. The maximum Gasteiger partial charge on any atom is 0.169 e. The van der Waals surface area contributed by atoms with Gasteiger partial charge < -0.3 is 9.80 Å². The van der Waals surface area contributed by atoms with Crippen LogP contribution in [0.2, 0.25) is 0 Å². The monoisotopic (exact) mass is 244 g/mol. The van der Waals surface area contributed by atoms with Gasteiger partial charge in [0.15, 0.2) is 8.90 Å². The van der Waals surface area contributed by atoms with E-state index in [1.54, 1.807) is 9.80 Å². The molecule has 0 saturated heterocycles. The Balaban J connectivity index is 3.68. The molecular formula is C6H10Cl2N2S2. The van der Waals surface area contributed by atoms with Crippen molar-refractivity contribution in [2.24, 2.45) is 0 Å². The van der Waals surface area contributed by atoms with E-state index in [1.165, 1.54) is 0 Å². The van der Waals surface area contributed by atoms with Gasteiger partial charge in [0.1, 0.15) is 0 Å². The van der Waals surface area contributed by atoms with Gasteiger partial charge in [-0.15, -0.1) is 0 Å². The SMILES string of the molecule is CN(CCN(C)C(=S)Cl)C(=S)Cl. The number of thiocarbonyl (C=S) groups is 2. The third-order valence-corrected chi connectivity index (χ3v) is 2.57. The summed E-state index contributed by atoms with van der Waals surface area (Å²) < 4.78 is 0.702. The average Bonchev–Trinajstić information content (AvgIpc) is 1.98. The highest BCUT2D eigenvalue weighted by molar-refractivity contribution is 7.83. The lowest BCUT2D eigenvalue weighted by Crippen LogP contribution is -2.33. The van der Waals surface area contributed by atoms with Crippen LogP contribution in [0.25, 0.3) is 0 Å². The van der Waals surface area contributed by atoms with Gasteiger partial charge >= 0.3 is 0 Å². The Morgan fingerprint density at radius 1 is 1.00 bits per heavy atom. The second kappa shape index (κ2) is 5.91. The van der Waals surface area contributed by atoms with Gasteiger partial charge in [0.25, 0.3) is 0 Å². The van der Waals surface area contributed by atoms with Crippen LogP contribution in [0.4, 0.5) is 0 Å². The minimum Gasteiger partial charge on any atom is -0.355 e. The molecule has 6 heteroatoms. The summed E-state index contributed by atoms with van der Waals surface area (Å²) in [6.07, 6.45) is 0. The molecule has 0 saturated carbocycles. The molecule has 0 radical (unpaired) electrons. The van der Waals surface area contributed by atoms with Crippen molar-refractivity contribution < 1.29 is 0 Å². The van der Waals surface area contributed by atoms with Crippen LogP contribution in [0.1, 0.15) is 0 Å². The molecule has 0 aromatic rings. The molecule has 0 N–H and O–H groups in total. The smallest absolute Gasteiger partial charge is 0.169 e. The first-order valence-corrected chi connectivity index (χ1v) is 4.83. The number of nitrogens with zero attached hydrogens (tertiary/aromatic N) is 2. The van der Waals surface area contributed by atoms with E-state index in [1.807, 2.05) is 14.1 Å². The van der Waals surface area contributed by atoms with E-state index < -0.39 is 0 Å². The Hall–Kier alpha value is 0.360. The molecule has 0 aliphatic heterocycles. The molecule has 12 heavy (non-hydrogen) atoms. The van der Waals surface area contributed by atoms with E-state index in [-0.39, 0.29) is 0 Å². The molecule has 2 nitrogen and oxygen atoms in total. The van der Waals surface area contributed by atoms with E-state index in [0.717, 1.165) is 0 Å². The maximum atomic E-state index is 5.56. The van der Waals surface area contributed by atoms with Crippen molar-refractivity contribution in [3.05, 3.63) is 0 Å². The summed E-state index contributed by atoms with van der Waals surface area (Å²) in [5.74, 6) is 0. The Morgan fingerprint density at radius 2 is 1.25 bits per heavy atom. The normalized spacial score (nSPS) is 9.33. The molecule has 0 aliphatic carbocycles. The van der Waals surface area contributed by atoms with Crippen molar-refractivity contribution in [2.45, 2.75) is 0 Å². The summed E-state index contributed by atoms with van der Waals surface area (Å²) in [5.41, 5.74) is 0. The van der Waals surface area contributed by atoms with E-state index in [4.69, 9.17) is 47.6 Å². The number of halogens is 2. The highest BCUT2D eigenvalue weighted by atomic mass is 35.5. The summed E-state index contributed by atoms with van der Waals surface area (Å²) in [6, 6.07) is 0. The van der Waals surface area contributed by atoms with Crippen LogP contribution in [-0.4, -0.2) is 45.9 Å². The second-order valence-electron chi connectivity index (χ2n) is 2.35. The Morgan fingerprint density at radius 3 is 1.42 bits per heavy atom. The van der Waals surface area contributed by atoms with Gasteiger partial charge in [-0.2, -0.15) is 0 Å². The number of rotatable bonds is 3. The van der Waals surface area contributed by atoms with Crippen LogP contribution < -0.4 is 0 Å². The van der Waals surface area contributed by atoms with Gasteiger partial charge in [-0.3, -0.25) is 0 Å². The van der Waals surface area contributed by atoms with Crippen LogP contribution >= 0.6 is 47.6 Å². The molecule has 0 spiro atoms. The first-order valence-electron chi connectivity index (χ1n) is 3.26. The van der Waals surface area contributed by atoms with Crippen molar-refractivity contribution in [2.75, 3.05) is 27.2 Å². The molecule has 0 aromatic carbocycles. The van der Waals surface area contributed by atoms with Crippen LogP contribution in [-0.2, 0) is 0 Å². The molecule has 0 aliphatic rings.